The number of nitrogens with one attached hydrogen (secondary N) is 2. The molecule has 6 nitrogen and oxygen atoms in total. The molecule has 0 unspecified atom stereocenters. The lowest BCUT2D eigenvalue weighted by molar-refractivity contribution is -0.129. The molecule has 3 heterocycles. The summed E-state index contributed by atoms with van der Waals surface area (Å²) in [4.78, 5) is 29.6. The number of amides is 2. The molecule has 2 saturated heterocycles. The highest BCUT2D eigenvalue weighted by atomic mass is 32.1. The fourth-order valence-corrected chi connectivity index (χ4v) is 4.04. The number of imidazole rings is 1. The summed E-state index contributed by atoms with van der Waals surface area (Å²) in [7, 11) is 0. The topological polar surface area (TPSA) is 70.1 Å². The van der Waals surface area contributed by atoms with Crippen molar-refractivity contribution in [3.05, 3.63) is 47.0 Å². The first-order valence-corrected chi connectivity index (χ1v) is 8.94. The van der Waals surface area contributed by atoms with Gasteiger partial charge in [-0.2, -0.15) is 0 Å². The fraction of sp³-hybridized carbons (Fsp3) is 0.389. The van der Waals surface area contributed by atoms with Crippen molar-refractivity contribution in [3.8, 4) is 5.69 Å². The van der Waals surface area contributed by atoms with E-state index in [1.807, 2.05) is 39.9 Å². The minimum atomic E-state index is -0.245. The van der Waals surface area contributed by atoms with Gasteiger partial charge in [0.15, 0.2) is 4.77 Å². The molecule has 130 valence electrons. The molecule has 0 aliphatic carbocycles. The van der Waals surface area contributed by atoms with Gasteiger partial charge in [0, 0.05) is 43.3 Å². The number of nitrogens with zero attached hydrogens (tertiary/aromatic N) is 2. The number of aromatic amines is 1. The largest absolute Gasteiger partial charge is 0.356 e. The van der Waals surface area contributed by atoms with Crippen molar-refractivity contribution in [1.82, 2.24) is 19.8 Å². The first-order chi connectivity index (χ1) is 12.1. The molecular weight excluding hydrogens is 336 g/mol. The van der Waals surface area contributed by atoms with Crippen LogP contribution in [0, 0.1) is 10.2 Å². The average Bonchev–Trinajstić information content (AvgIpc) is 3.22. The molecule has 0 bridgehead atoms. The van der Waals surface area contributed by atoms with Crippen LogP contribution in [-0.2, 0) is 4.79 Å². The molecule has 2 aliphatic heterocycles. The van der Waals surface area contributed by atoms with E-state index in [9.17, 15) is 9.59 Å². The Balaban J connectivity index is 1.46. The summed E-state index contributed by atoms with van der Waals surface area (Å²) in [5.41, 5.74) is 1.34. The number of rotatable bonds is 2. The summed E-state index contributed by atoms with van der Waals surface area (Å²) in [5.74, 6) is 0.185. The number of hydrogen-bond acceptors (Lipinski definition) is 3. The first-order valence-electron chi connectivity index (χ1n) is 8.53. The van der Waals surface area contributed by atoms with E-state index in [1.54, 1.807) is 6.20 Å². The predicted molar refractivity (Wildman–Crippen MR) is 96.2 cm³/mol. The lowest BCUT2D eigenvalue weighted by Crippen LogP contribution is -2.46. The Bertz CT molecular complexity index is 860. The number of hydrogen-bond donors (Lipinski definition) is 2. The predicted octanol–water partition coefficient (Wildman–Crippen LogP) is 2.28. The third-order valence-corrected chi connectivity index (χ3v) is 5.73. The van der Waals surface area contributed by atoms with Gasteiger partial charge in [-0.15, -0.1) is 0 Å². The SMILES string of the molecule is O=C(c1ccc(-n2cc[nH]c2=S)cc1)N1CCC2(CCNC2=O)CC1. The number of likely N-dealkylation sites (tertiary alicyclic amines) is 1. The van der Waals surface area contributed by atoms with Crippen LogP contribution in [0.1, 0.15) is 29.6 Å². The van der Waals surface area contributed by atoms with Crippen LogP contribution in [0.3, 0.4) is 0 Å². The molecule has 25 heavy (non-hydrogen) atoms. The van der Waals surface area contributed by atoms with E-state index in [1.165, 1.54) is 0 Å². The maximum absolute atomic E-state index is 12.7. The molecule has 7 heteroatoms. The lowest BCUT2D eigenvalue weighted by atomic mass is 9.77. The zero-order valence-corrected chi connectivity index (χ0v) is 14.6. The number of piperidine rings is 1. The van der Waals surface area contributed by atoms with Gasteiger partial charge < -0.3 is 15.2 Å². The Hall–Kier alpha value is -2.41. The highest BCUT2D eigenvalue weighted by Gasteiger charge is 2.45. The van der Waals surface area contributed by atoms with Gasteiger partial charge in [-0.25, -0.2) is 0 Å². The normalized spacial score (nSPS) is 19.2. The number of benzene rings is 1. The van der Waals surface area contributed by atoms with Crippen LogP contribution < -0.4 is 5.32 Å². The molecular formula is C18H20N4O2S. The van der Waals surface area contributed by atoms with Crippen LogP contribution in [0.5, 0.6) is 0 Å². The van der Waals surface area contributed by atoms with Gasteiger partial charge in [0.2, 0.25) is 5.91 Å². The summed E-state index contributed by atoms with van der Waals surface area (Å²) in [5, 5.41) is 2.92. The second-order valence-corrected chi connectivity index (χ2v) is 7.15. The molecule has 2 fully saturated rings. The zero-order chi connectivity index (χ0) is 17.4. The van der Waals surface area contributed by atoms with Crippen molar-refractivity contribution in [2.45, 2.75) is 19.3 Å². The Morgan fingerprint density at radius 2 is 1.84 bits per heavy atom. The molecule has 2 N–H and O–H groups in total. The maximum Gasteiger partial charge on any atom is 0.253 e. The van der Waals surface area contributed by atoms with E-state index < -0.39 is 0 Å². The van der Waals surface area contributed by atoms with Gasteiger partial charge in [-0.05, 0) is 55.7 Å². The van der Waals surface area contributed by atoms with Gasteiger partial charge in [0.25, 0.3) is 5.91 Å². The van der Waals surface area contributed by atoms with Crippen LogP contribution in [0.4, 0.5) is 0 Å². The molecule has 0 radical (unpaired) electrons. The number of carbonyl (C=O) groups is 2. The Morgan fingerprint density at radius 3 is 2.40 bits per heavy atom. The van der Waals surface area contributed by atoms with Gasteiger partial charge in [-0.1, -0.05) is 0 Å². The van der Waals surface area contributed by atoms with Crippen LogP contribution in [-0.4, -0.2) is 45.9 Å². The fourth-order valence-electron chi connectivity index (χ4n) is 3.80. The van der Waals surface area contributed by atoms with Gasteiger partial charge in [0.05, 0.1) is 5.41 Å². The number of carbonyl (C=O) groups excluding carboxylic acids is 2. The molecule has 0 saturated carbocycles. The molecule has 0 atom stereocenters. The Kier molecular flexibility index (Phi) is 3.95. The molecule has 1 aromatic heterocycles. The van der Waals surface area contributed by atoms with E-state index in [4.69, 9.17) is 12.2 Å². The summed E-state index contributed by atoms with van der Waals surface area (Å²) in [6.07, 6.45) is 6.03. The summed E-state index contributed by atoms with van der Waals surface area (Å²) in [6, 6.07) is 7.46. The maximum atomic E-state index is 12.7. The smallest absolute Gasteiger partial charge is 0.253 e. The quantitative estimate of drug-likeness (QED) is 0.811. The van der Waals surface area contributed by atoms with Crippen molar-refractivity contribution in [2.24, 2.45) is 5.41 Å². The lowest BCUT2D eigenvalue weighted by Gasteiger charge is -2.37. The monoisotopic (exact) mass is 356 g/mol. The van der Waals surface area contributed by atoms with Crippen LogP contribution in [0.15, 0.2) is 36.7 Å². The third kappa shape index (κ3) is 2.78. The highest BCUT2D eigenvalue weighted by Crippen LogP contribution is 2.38. The van der Waals surface area contributed by atoms with Crippen LogP contribution >= 0.6 is 12.2 Å². The Labute approximate surface area is 150 Å². The number of aromatic nitrogens is 2. The second-order valence-electron chi connectivity index (χ2n) is 6.76. The van der Waals surface area contributed by atoms with Crippen LogP contribution in [0.25, 0.3) is 5.69 Å². The first kappa shape index (κ1) is 16.1. The van der Waals surface area contributed by atoms with E-state index in [0.29, 0.717) is 23.4 Å². The third-order valence-electron chi connectivity index (χ3n) is 5.42. The van der Waals surface area contributed by atoms with Crippen molar-refractivity contribution in [3.63, 3.8) is 0 Å². The molecule has 1 aromatic carbocycles. The molecule has 1 spiro atoms. The van der Waals surface area contributed by atoms with E-state index in [2.05, 4.69) is 10.3 Å². The second kappa shape index (κ2) is 6.15. The standard InChI is InChI=1S/C18H20N4O2S/c23-15(21-10-6-18(7-11-21)5-8-19-16(18)24)13-1-3-14(4-2-13)22-12-9-20-17(22)25/h1-4,9,12H,5-8,10-11H2,(H,19,24)(H,20,25). The summed E-state index contributed by atoms with van der Waals surface area (Å²) in [6.45, 7) is 2.03. The van der Waals surface area contributed by atoms with Crippen molar-refractivity contribution in [1.29, 1.82) is 0 Å². The zero-order valence-electron chi connectivity index (χ0n) is 13.8. The average molecular weight is 356 g/mol. The minimum absolute atomic E-state index is 0.0254. The summed E-state index contributed by atoms with van der Waals surface area (Å²) < 4.78 is 2.47. The van der Waals surface area contributed by atoms with E-state index in [-0.39, 0.29) is 17.2 Å². The molecule has 4 rings (SSSR count). The van der Waals surface area contributed by atoms with Gasteiger partial charge in [-0.3, -0.25) is 14.2 Å². The highest BCUT2D eigenvalue weighted by molar-refractivity contribution is 7.71. The van der Waals surface area contributed by atoms with Crippen molar-refractivity contribution < 1.29 is 9.59 Å². The minimum Gasteiger partial charge on any atom is -0.356 e. The van der Waals surface area contributed by atoms with E-state index >= 15 is 0 Å². The number of H-pyrrole nitrogens is 1. The molecule has 2 aromatic rings. The molecule has 2 amide bonds. The van der Waals surface area contributed by atoms with E-state index in [0.717, 1.165) is 31.5 Å². The summed E-state index contributed by atoms with van der Waals surface area (Å²) >= 11 is 5.21. The van der Waals surface area contributed by atoms with Crippen molar-refractivity contribution in [2.75, 3.05) is 19.6 Å². The van der Waals surface area contributed by atoms with Gasteiger partial charge >= 0.3 is 0 Å². The molecule has 2 aliphatic rings. The Morgan fingerprint density at radius 1 is 1.12 bits per heavy atom. The van der Waals surface area contributed by atoms with Crippen molar-refractivity contribution >= 4 is 24.0 Å². The van der Waals surface area contributed by atoms with Gasteiger partial charge in [0.1, 0.15) is 0 Å². The van der Waals surface area contributed by atoms with Crippen LogP contribution in [0.2, 0.25) is 0 Å².